The second-order valence-corrected chi connectivity index (χ2v) is 5.43. The Labute approximate surface area is 75.7 Å². The van der Waals surface area contributed by atoms with Crippen molar-refractivity contribution in [2.24, 2.45) is 7.86 Å². The van der Waals surface area contributed by atoms with Crippen LogP contribution in [-0.2, 0) is 14.8 Å². The molecule has 2 nitrogen and oxygen atoms in total. The molecule has 0 saturated heterocycles. The van der Waals surface area contributed by atoms with E-state index in [1.165, 1.54) is 0 Å². The second-order valence-electron chi connectivity index (χ2n) is 4.61. The molecule has 0 aliphatic carbocycles. The molecule has 0 spiro atoms. The van der Waals surface area contributed by atoms with Crippen LogP contribution in [0.1, 0.15) is 41.5 Å². The molecule has 0 heterocycles. The fraction of sp³-hybridized carbons (Fsp3) is 1.00. The normalized spacial score (nSPS) is 12.5. The number of nitrogens with zero attached hydrogens (tertiary/aromatic N) is 2. The Kier molecular flexibility index (Phi) is 3.73. The van der Waals surface area contributed by atoms with E-state index in [-0.39, 0.29) is 25.9 Å². The predicted octanol–water partition coefficient (Wildman–Crippen LogP) is 3.03. The molecule has 0 aromatic carbocycles. The predicted molar refractivity (Wildman–Crippen MR) is 44.4 cm³/mol. The number of rotatable bonds is 0. The van der Waals surface area contributed by atoms with Gasteiger partial charge in [0.1, 0.15) is 0 Å². The van der Waals surface area contributed by atoms with Gasteiger partial charge >= 0.3 is 75.3 Å². The Morgan fingerprint density at radius 3 is 1.18 bits per heavy atom. The van der Waals surface area contributed by atoms with Crippen molar-refractivity contribution >= 4 is 0 Å². The van der Waals surface area contributed by atoms with Crippen LogP contribution in [-0.4, -0.2) is 11.1 Å². The topological polar surface area (TPSA) is 24.7 Å². The summed E-state index contributed by atoms with van der Waals surface area (Å²) in [4.78, 5) is 0. The van der Waals surface area contributed by atoms with E-state index in [1.54, 1.807) is 0 Å². The summed E-state index contributed by atoms with van der Waals surface area (Å²) >= 11 is 0.0938. The third kappa shape index (κ3) is 10.1. The average Bonchev–Trinajstić information content (AvgIpc) is 1.55. The van der Waals surface area contributed by atoms with Crippen LogP contribution < -0.4 is 0 Å². The van der Waals surface area contributed by atoms with Crippen LogP contribution in [0.2, 0.25) is 0 Å². The SMILES string of the molecule is CC(C)(C)[N]=[Cr]=[N]C(C)(C)C. The van der Waals surface area contributed by atoms with E-state index >= 15 is 0 Å². The fourth-order valence-corrected chi connectivity index (χ4v) is 1.09. The Morgan fingerprint density at radius 1 is 0.727 bits per heavy atom. The molecule has 0 N–H and O–H groups in total. The Morgan fingerprint density at radius 2 is 1.00 bits per heavy atom. The third-order valence-corrected chi connectivity index (χ3v) is 2.59. The van der Waals surface area contributed by atoms with Crippen molar-refractivity contribution in [3.63, 3.8) is 0 Å². The van der Waals surface area contributed by atoms with Gasteiger partial charge in [-0.05, 0) is 0 Å². The van der Waals surface area contributed by atoms with Gasteiger partial charge in [-0.1, -0.05) is 0 Å². The van der Waals surface area contributed by atoms with Crippen LogP contribution >= 0.6 is 0 Å². The molecule has 0 aromatic rings. The van der Waals surface area contributed by atoms with Crippen LogP contribution in [0.5, 0.6) is 0 Å². The average molecular weight is 194 g/mol. The van der Waals surface area contributed by atoms with E-state index in [4.69, 9.17) is 0 Å². The van der Waals surface area contributed by atoms with E-state index in [0.29, 0.717) is 0 Å². The monoisotopic (exact) mass is 194 g/mol. The fourth-order valence-electron chi connectivity index (χ4n) is 0.265. The molecule has 0 atom stereocenters. The maximum atomic E-state index is 4.44. The summed E-state index contributed by atoms with van der Waals surface area (Å²) in [7, 11) is 0. The molecule has 0 aliphatic rings. The molecular weight excluding hydrogens is 176 g/mol. The zero-order valence-electron chi connectivity index (χ0n) is 8.30. The molecule has 66 valence electrons. The van der Waals surface area contributed by atoms with Crippen LogP contribution in [0.25, 0.3) is 0 Å². The Hall–Kier alpha value is 0.132. The van der Waals surface area contributed by atoms with E-state index in [0.717, 1.165) is 0 Å². The minimum atomic E-state index is 0.0781. The van der Waals surface area contributed by atoms with Crippen LogP contribution in [0.15, 0.2) is 7.86 Å². The van der Waals surface area contributed by atoms with Gasteiger partial charge < -0.3 is 0 Å². The molecule has 0 amide bonds. The first-order valence-corrected chi connectivity index (χ1v) is 4.95. The van der Waals surface area contributed by atoms with Gasteiger partial charge in [-0.25, -0.2) is 0 Å². The number of hydrogen-bond acceptors (Lipinski definition) is 2. The van der Waals surface area contributed by atoms with E-state index in [2.05, 4.69) is 49.4 Å². The zero-order chi connectivity index (χ0) is 9.12. The van der Waals surface area contributed by atoms with Crippen molar-refractivity contribution in [1.82, 2.24) is 0 Å². The van der Waals surface area contributed by atoms with E-state index in [9.17, 15) is 0 Å². The van der Waals surface area contributed by atoms with Crippen molar-refractivity contribution in [3.8, 4) is 0 Å². The summed E-state index contributed by atoms with van der Waals surface area (Å²) in [6.07, 6.45) is 0. The Balaban J connectivity index is 4.25. The molecule has 0 bridgehead atoms. The van der Waals surface area contributed by atoms with Gasteiger partial charge in [-0.3, -0.25) is 0 Å². The van der Waals surface area contributed by atoms with E-state index < -0.39 is 0 Å². The van der Waals surface area contributed by atoms with Gasteiger partial charge in [-0.2, -0.15) is 0 Å². The summed E-state index contributed by atoms with van der Waals surface area (Å²) in [5.41, 5.74) is 0.156. The van der Waals surface area contributed by atoms with Crippen molar-refractivity contribution in [1.29, 1.82) is 0 Å². The summed E-state index contributed by atoms with van der Waals surface area (Å²) in [5, 5.41) is 0. The zero-order valence-corrected chi connectivity index (χ0v) is 9.58. The van der Waals surface area contributed by atoms with Crippen molar-refractivity contribution < 1.29 is 14.8 Å². The molecule has 11 heavy (non-hydrogen) atoms. The minimum absolute atomic E-state index is 0.0781. The van der Waals surface area contributed by atoms with Gasteiger partial charge in [0.25, 0.3) is 0 Å². The van der Waals surface area contributed by atoms with Gasteiger partial charge in [0.15, 0.2) is 0 Å². The summed E-state index contributed by atoms with van der Waals surface area (Å²) < 4.78 is 8.88. The molecule has 0 saturated carbocycles. The molecular formula is C8H18CrN2. The van der Waals surface area contributed by atoms with Gasteiger partial charge in [0, 0.05) is 0 Å². The summed E-state index contributed by atoms with van der Waals surface area (Å²) in [5.74, 6) is 0. The number of hydrogen-bond donors (Lipinski definition) is 0. The molecule has 3 heteroatoms. The maximum absolute atomic E-state index is 4.44. The molecule has 0 aliphatic heterocycles. The van der Waals surface area contributed by atoms with Crippen LogP contribution in [0.4, 0.5) is 0 Å². The first kappa shape index (κ1) is 11.1. The Bertz CT molecular complexity index is 159. The standard InChI is InChI=1S/2C4H9N.Cr/c2*1-4(2,3)5;/h2*1-3H3;. The van der Waals surface area contributed by atoms with Gasteiger partial charge in [0.2, 0.25) is 0 Å². The molecule has 0 aromatic heterocycles. The molecule has 0 fully saturated rings. The van der Waals surface area contributed by atoms with Crippen molar-refractivity contribution in [2.75, 3.05) is 0 Å². The van der Waals surface area contributed by atoms with E-state index in [1.807, 2.05) is 0 Å². The van der Waals surface area contributed by atoms with Gasteiger partial charge in [-0.15, -0.1) is 0 Å². The van der Waals surface area contributed by atoms with Crippen molar-refractivity contribution in [3.05, 3.63) is 0 Å². The molecule has 0 unspecified atom stereocenters. The first-order chi connectivity index (χ1) is 4.71. The molecule has 0 rings (SSSR count). The van der Waals surface area contributed by atoms with Gasteiger partial charge in [0.05, 0.1) is 0 Å². The summed E-state index contributed by atoms with van der Waals surface area (Å²) in [6, 6.07) is 0. The van der Waals surface area contributed by atoms with Crippen molar-refractivity contribution in [2.45, 2.75) is 52.6 Å². The molecule has 0 radical (unpaired) electrons. The summed E-state index contributed by atoms with van der Waals surface area (Å²) in [6.45, 7) is 12.6. The first-order valence-electron chi connectivity index (χ1n) is 3.81. The van der Waals surface area contributed by atoms with Crippen LogP contribution in [0.3, 0.4) is 0 Å². The van der Waals surface area contributed by atoms with Crippen LogP contribution in [0, 0.1) is 0 Å². The quantitative estimate of drug-likeness (QED) is 0.566. The third-order valence-electron chi connectivity index (χ3n) is 0.629. The second kappa shape index (κ2) is 3.69.